The number of hydrogen-bond acceptors (Lipinski definition) is 3. The number of nitrogens with one attached hydrogen (secondary N) is 1. The van der Waals surface area contributed by atoms with Crippen LogP contribution in [0.15, 0.2) is 66.2 Å². The molecule has 0 radical (unpaired) electrons. The topological polar surface area (TPSA) is 89.8 Å². The number of benzene rings is 4. The molecular formula is C49H63N3O2. The fourth-order valence-electron chi connectivity index (χ4n) is 7.94. The van der Waals surface area contributed by atoms with Gasteiger partial charge in [-0.2, -0.15) is 5.26 Å². The molecule has 0 saturated heterocycles. The molecule has 0 spiro atoms. The van der Waals surface area contributed by atoms with Crippen LogP contribution in [-0.4, -0.2) is 21.0 Å². The molecule has 54 heavy (non-hydrogen) atoms. The van der Waals surface area contributed by atoms with Crippen LogP contribution in [0.3, 0.4) is 0 Å². The molecule has 5 nitrogen and oxygen atoms in total. The molecule has 4 aromatic carbocycles. The number of rotatable bonds is 25. The van der Waals surface area contributed by atoms with Gasteiger partial charge < -0.3 is 10.1 Å². The first-order valence-corrected chi connectivity index (χ1v) is 21.3. The van der Waals surface area contributed by atoms with Crippen molar-refractivity contribution in [2.45, 2.75) is 155 Å². The maximum Gasteiger partial charge on any atom is 0.346 e. The van der Waals surface area contributed by atoms with Crippen LogP contribution in [0.4, 0.5) is 0 Å². The minimum Gasteiger partial charge on any atom is -0.477 e. The Balaban J connectivity index is 1.33. The molecule has 0 aliphatic rings. The minimum atomic E-state index is -1.23. The van der Waals surface area contributed by atoms with Crippen molar-refractivity contribution in [3.05, 3.63) is 82.9 Å². The normalized spacial score (nSPS) is 11.9. The largest absolute Gasteiger partial charge is 0.477 e. The van der Waals surface area contributed by atoms with Crippen molar-refractivity contribution in [2.24, 2.45) is 0 Å². The summed E-state index contributed by atoms with van der Waals surface area (Å²) in [5.41, 5.74) is 6.11. The Kier molecular flexibility index (Phi) is 16.7. The van der Waals surface area contributed by atoms with Gasteiger partial charge in [-0.05, 0) is 59.2 Å². The minimum absolute atomic E-state index is 0.288. The molecule has 0 amide bonds. The first kappa shape index (κ1) is 40.7. The van der Waals surface area contributed by atoms with Crippen molar-refractivity contribution in [2.75, 3.05) is 0 Å². The van der Waals surface area contributed by atoms with E-state index in [1.54, 1.807) is 6.07 Å². The smallest absolute Gasteiger partial charge is 0.346 e. The van der Waals surface area contributed by atoms with Crippen molar-refractivity contribution in [3.8, 4) is 17.5 Å². The Bertz CT molecular complexity index is 1900. The maximum absolute atomic E-state index is 11.3. The van der Waals surface area contributed by atoms with E-state index < -0.39 is 5.97 Å². The summed E-state index contributed by atoms with van der Waals surface area (Å²) >= 11 is 0. The molecule has 5 heteroatoms. The van der Waals surface area contributed by atoms with Gasteiger partial charge in [0, 0.05) is 16.3 Å². The van der Waals surface area contributed by atoms with Gasteiger partial charge in [0.25, 0.3) is 0 Å². The van der Waals surface area contributed by atoms with E-state index >= 15 is 0 Å². The number of hydrogen-bond donors (Lipinski definition) is 2. The van der Waals surface area contributed by atoms with Crippen LogP contribution in [0.5, 0.6) is 0 Å². The summed E-state index contributed by atoms with van der Waals surface area (Å²) < 4.78 is 0. The van der Waals surface area contributed by atoms with Gasteiger partial charge in [-0.15, -0.1) is 0 Å². The first-order valence-electron chi connectivity index (χ1n) is 21.3. The van der Waals surface area contributed by atoms with E-state index in [0.717, 1.165) is 35.3 Å². The number of carboxylic acid groups (broad SMARTS) is 1. The fraction of sp³-hybridized carbons (Fsp3) is 0.490. The van der Waals surface area contributed by atoms with Gasteiger partial charge >= 0.3 is 5.97 Å². The van der Waals surface area contributed by atoms with Gasteiger partial charge in [0.2, 0.25) is 0 Å². The van der Waals surface area contributed by atoms with Crippen molar-refractivity contribution in [3.63, 3.8) is 0 Å². The third-order valence-electron chi connectivity index (χ3n) is 11.2. The number of imidazole rings is 1. The Morgan fingerprint density at radius 2 is 1.09 bits per heavy atom. The molecule has 0 bridgehead atoms. The molecule has 1 heterocycles. The standard InChI is InChI=1S/C49H63N3O2/c1-3-5-7-9-11-13-15-17-19-21-23-37-27-31-42-44(34-37)45-35-38(24-22-20-18-16-14-12-10-8-6-4-2)28-32-43(45)47-46(42)51-48(52-47)40-29-25-39(26-30-40)33-41(36-50)49(53)54/h25-35H,3-24H2,1-2H3,(H,51,52)(H,53,54)/b41-33-. The van der Waals surface area contributed by atoms with Crippen LogP contribution in [0.1, 0.15) is 159 Å². The number of fused-ring (bicyclic) bond motifs is 6. The van der Waals surface area contributed by atoms with Crippen LogP contribution >= 0.6 is 0 Å². The Morgan fingerprint density at radius 1 is 0.630 bits per heavy atom. The predicted octanol–water partition coefficient (Wildman–Crippen LogP) is 14.5. The highest BCUT2D eigenvalue weighted by Gasteiger charge is 2.16. The van der Waals surface area contributed by atoms with E-state index in [9.17, 15) is 15.2 Å². The molecule has 286 valence electrons. The van der Waals surface area contributed by atoms with E-state index in [1.807, 2.05) is 24.3 Å². The second-order valence-electron chi connectivity index (χ2n) is 15.5. The zero-order valence-corrected chi connectivity index (χ0v) is 33.2. The van der Waals surface area contributed by atoms with E-state index in [-0.39, 0.29) is 5.57 Å². The highest BCUT2D eigenvalue weighted by atomic mass is 16.4. The number of aromatic nitrogens is 2. The summed E-state index contributed by atoms with van der Waals surface area (Å²) in [6.45, 7) is 4.57. The van der Waals surface area contributed by atoms with Crippen molar-refractivity contribution in [1.82, 2.24) is 9.97 Å². The third-order valence-corrected chi connectivity index (χ3v) is 11.2. The molecule has 0 aliphatic carbocycles. The molecular weight excluding hydrogens is 663 g/mol. The van der Waals surface area contributed by atoms with Gasteiger partial charge in [0.1, 0.15) is 17.5 Å². The van der Waals surface area contributed by atoms with Crippen LogP contribution in [0, 0.1) is 11.3 Å². The van der Waals surface area contributed by atoms with E-state index in [0.29, 0.717) is 5.56 Å². The molecule has 0 saturated carbocycles. The van der Waals surface area contributed by atoms with Gasteiger partial charge in [0.15, 0.2) is 0 Å². The Labute approximate surface area is 324 Å². The Morgan fingerprint density at radius 3 is 1.57 bits per heavy atom. The van der Waals surface area contributed by atoms with Crippen LogP contribution in [0.25, 0.3) is 50.0 Å². The van der Waals surface area contributed by atoms with Gasteiger partial charge in [-0.3, -0.25) is 0 Å². The van der Waals surface area contributed by atoms with Gasteiger partial charge in [-0.1, -0.05) is 190 Å². The van der Waals surface area contributed by atoms with Crippen molar-refractivity contribution >= 4 is 44.6 Å². The number of aliphatic carboxylic acids is 1. The second-order valence-corrected chi connectivity index (χ2v) is 15.5. The summed E-state index contributed by atoms with van der Waals surface area (Å²) in [5, 5.41) is 23.4. The lowest BCUT2D eigenvalue weighted by atomic mass is 9.94. The number of nitriles is 1. The molecule has 1 aromatic heterocycles. The maximum atomic E-state index is 11.3. The monoisotopic (exact) mass is 725 g/mol. The first-order chi connectivity index (χ1) is 26.5. The quantitative estimate of drug-likeness (QED) is 0.0271. The number of H-pyrrole nitrogens is 1. The van der Waals surface area contributed by atoms with E-state index in [1.165, 1.54) is 167 Å². The van der Waals surface area contributed by atoms with Crippen LogP contribution in [0.2, 0.25) is 0 Å². The van der Waals surface area contributed by atoms with Crippen LogP contribution in [-0.2, 0) is 17.6 Å². The molecule has 0 unspecified atom stereocenters. The van der Waals surface area contributed by atoms with Crippen LogP contribution < -0.4 is 0 Å². The summed E-state index contributed by atoms with van der Waals surface area (Å²) in [6.07, 6.45) is 30.5. The molecule has 0 atom stereocenters. The molecule has 2 N–H and O–H groups in total. The highest BCUT2D eigenvalue weighted by molar-refractivity contribution is 6.23. The number of unbranched alkanes of at least 4 members (excludes halogenated alkanes) is 18. The summed E-state index contributed by atoms with van der Waals surface area (Å²) in [5.74, 6) is -0.451. The number of aromatic amines is 1. The summed E-state index contributed by atoms with van der Waals surface area (Å²) in [4.78, 5) is 20.2. The molecule has 0 fully saturated rings. The average Bonchev–Trinajstić information content (AvgIpc) is 3.64. The fourth-order valence-corrected chi connectivity index (χ4v) is 7.94. The third kappa shape index (κ3) is 11.8. The number of carbonyl (C=O) groups is 1. The molecule has 0 aliphatic heterocycles. The summed E-state index contributed by atoms with van der Waals surface area (Å²) in [7, 11) is 0. The number of aryl methyl sites for hydroxylation is 2. The average molecular weight is 726 g/mol. The molecule has 5 rings (SSSR count). The zero-order valence-electron chi connectivity index (χ0n) is 33.2. The SMILES string of the molecule is CCCCCCCCCCCCc1ccc2c(c1)c1cc(CCCCCCCCCCCC)ccc1c1[nH]c(-c3ccc(/C=C(/C#N)C(=O)O)cc3)nc21. The van der Waals surface area contributed by atoms with E-state index in [4.69, 9.17) is 4.98 Å². The number of carboxylic acids is 1. The van der Waals surface area contributed by atoms with E-state index in [2.05, 4.69) is 55.2 Å². The summed E-state index contributed by atoms with van der Waals surface area (Å²) in [6, 6.07) is 23.3. The second kappa shape index (κ2) is 22.1. The zero-order chi connectivity index (χ0) is 38.0. The van der Waals surface area contributed by atoms with Gasteiger partial charge in [0.05, 0.1) is 11.0 Å². The van der Waals surface area contributed by atoms with Crippen molar-refractivity contribution < 1.29 is 9.90 Å². The lowest BCUT2D eigenvalue weighted by Gasteiger charge is -2.11. The lowest BCUT2D eigenvalue weighted by molar-refractivity contribution is -0.132. The van der Waals surface area contributed by atoms with Crippen molar-refractivity contribution in [1.29, 1.82) is 5.26 Å². The van der Waals surface area contributed by atoms with Gasteiger partial charge in [-0.25, -0.2) is 9.78 Å². The highest BCUT2D eigenvalue weighted by Crippen LogP contribution is 2.37. The number of nitrogens with zero attached hydrogens (tertiary/aromatic N) is 2. The predicted molar refractivity (Wildman–Crippen MR) is 229 cm³/mol. The Hall–Kier alpha value is -4.43. The lowest BCUT2D eigenvalue weighted by Crippen LogP contribution is -1.97. The molecule has 5 aromatic rings.